The Kier molecular flexibility index (Phi) is 6.40. The third kappa shape index (κ3) is 7.77. The van der Waals surface area contributed by atoms with Crippen molar-refractivity contribution in [2.75, 3.05) is 12.8 Å². The lowest BCUT2D eigenvalue weighted by molar-refractivity contribution is -0.121. The van der Waals surface area contributed by atoms with Crippen LogP contribution in [0.2, 0.25) is 5.02 Å². The van der Waals surface area contributed by atoms with Crippen LogP contribution in [0.1, 0.15) is 38.8 Å². The van der Waals surface area contributed by atoms with Crippen LogP contribution in [-0.4, -0.2) is 27.1 Å². The maximum absolute atomic E-state index is 12.1. The quantitative estimate of drug-likeness (QED) is 0.830. The molecular weight excluding hydrogens is 324 g/mol. The zero-order valence-corrected chi connectivity index (χ0v) is 14.9. The van der Waals surface area contributed by atoms with E-state index < -0.39 is 16.1 Å². The van der Waals surface area contributed by atoms with Gasteiger partial charge in [-0.1, -0.05) is 44.5 Å². The summed E-state index contributed by atoms with van der Waals surface area (Å²) in [6.07, 6.45) is 1.10. The van der Waals surface area contributed by atoms with Crippen LogP contribution < -0.4 is 10.0 Å². The lowest BCUT2D eigenvalue weighted by atomic mass is 9.96. The topological polar surface area (TPSA) is 75.3 Å². The number of amides is 1. The van der Waals surface area contributed by atoms with Gasteiger partial charge in [-0.2, -0.15) is 0 Å². The van der Waals surface area contributed by atoms with Crippen molar-refractivity contribution in [3.8, 4) is 0 Å². The van der Waals surface area contributed by atoms with Gasteiger partial charge in [0.05, 0.1) is 12.3 Å². The predicted octanol–water partition coefficient (Wildman–Crippen LogP) is 2.48. The second kappa shape index (κ2) is 7.44. The first-order valence-electron chi connectivity index (χ1n) is 6.96. The normalized spacial score (nSPS) is 13.7. The second-order valence-electron chi connectivity index (χ2n) is 6.54. The van der Waals surface area contributed by atoms with Gasteiger partial charge in [0.2, 0.25) is 15.9 Å². The van der Waals surface area contributed by atoms with E-state index in [0.717, 1.165) is 6.26 Å². The minimum atomic E-state index is -3.43. The molecule has 7 heteroatoms. The number of benzene rings is 1. The molecule has 124 valence electrons. The van der Waals surface area contributed by atoms with Crippen LogP contribution in [0.3, 0.4) is 0 Å². The van der Waals surface area contributed by atoms with Crippen LogP contribution in [0.5, 0.6) is 0 Å². The Labute approximate surface area is 137 Å². The molecule has 5 nitrogen and oxygen atoms in total. The Balaban J connectivity index is 2.83. The highest BCUT2D eigenvalue weighted by molar-refractivity contribution is 7.88. The van der Waals surface area contributed by atoms with Gasteiger partial charge in [-0.05, 0) is 23.1 Å². The van der Waals surface area contributed by atoms with E-state index in [1.54, 1.807) is 24.3 Å². The molecular formula is C15H23ClN2O3S. The average molecular weight is 347 g/mol. The van der Waals surface area contributed by atoms with Gasteiger partial charge in [-0.3, -0.25) is 4.79 Å². The molecule has 0 bridgehead atoms. The number of rotatable bonds is 6. The van der Waals surface area contributed by atoms with Crippen molar-refractivity contribution in [1.29, 1.82) is 0 Å². The van der Waals surface area contributed by atoms with E-state index in [1.807, 2.05) is 20.8 Å². The summed E-state index contributed by atoms with van der Waals surface area (Å²) in [6, 6.07) is 6.14. The summed E-state index contributed by atoms with van der Waals surface area (Å²) >= 11 is 5.84. The number of nitrogens with one attached hydrogen (secondary N) is 2. The highest BCUT2D eigenvalue weighted by Crippen LogP contribution is 2.20. The molecule has 1 aromatic rings. The molecule has 0 aliphatic heterocycles. The molecule has 0 aliphatic carbocycles. The summed E-state index contributed by atoms with van der Waals surface area (Å²) in [6.45, 7) is 6.56. The lowest BCUT2D eigenvalue weighted by Gasteiger charge is -2.21. The zero-order valence-electron chi connectivity index (χ0n) is 13.3. The summed E-state index contributed by atoms with van der Waals surface area (Å²) in [5.41, 5.74) is 0.663. The van der Waals surface area contributed by atoms with Gasteiger partial charge in [0.25, 0.3) is 0 Å². The predicted molar refractivity (Wildman–Crippen MR) is 89.3 cm³/mol. The Hall–Kier alpha value is -1.11. The molecule has 1 aromatic carbocycles. The van der Waals surface area contributed by atoms with Crippen LogP contribution in [0, 0.1) is 5.41 Å². The van der Waals surface area contributed by atoms with Crippen LogP contribution >= 0.6 is 11.6 Å². The SMILES string of the molecule is CC(C)(C)CNC(=O)CC(NS(C)(=O)=O)c1ccc(Cl)cc1. The van der Waals surface area contributed by atoms with E-state index >= 15 is 0 Å². The summed E-state index contributed by atoms with van der Waals surface area (Å²) in [5.74, 6) is -0.203. The van der Waals surface area contributed by atoms with Crippen molar-refractivity contribution in [2.45, 2.75) is 33.2 Å². The van der Waals surface area contributed by atoms with Crippen LogP contribution in [0.25, 0.3) is 0 Å². The van der Waals surface area contributed by atoms with Crippen molar-refractivity contribution in [3.63, 3.8) is 0 Å². The van der Waals surface area contributed by atoms with Crippen LogP contribution in [0.15, 0.2) is 24.3 Å². The van der Waals surface area contributed by atoms with Crippen LogP contribution in [-0.2, 0) is 14.8 Å². The molecule has 1 unspecified atom stereocenters. The van der Waals surface area contributed by atoms with Gasteiger partial charge in [-0.25, -0.2) is 13.1 Å². The minimum absolute atomic E-state index is 0.0321. The average Bonchev–Trinajstić information content (AvgIpc) is 2.34. The Morgan fingerprint density at radius 3 is 2.23 bits per heavy atom. The smallest absolute Gasteiger partial charge is 0.221 e. The van der Waals surface area contributed by atoms with Gasteiger partial charge in [0.1, 0.15) is 0 Å². The fourth-order valence-corrected chi connectivity index (χ4v) is 2.66. The molecule has 0 heterocycles. The summed E-state index contributed by atoms with van der Waals surface area (Å²) in [4.78, 5) is 12.1. The Bertz CT molecular complexity index is 607. The van der Waals surface area contributed by atoms with Gasteiger partial charge in [-0.15, -0.1) is 0 Å². The number of hydrogen-bond donors (Lipinski definition) is 2. The molecule has 22 heavy (non-hydrogen) atoms. The van der Waals surface area contributed by atoms with E-state index in [-0.39, 0.29) is 17.7 Å². The summed E-state index contributed by atoms with van der Waals surface area (Å²) in [5, 5.41) is 3.37. The Morgan fingerprint density at radius 2 is 1.77 bits per heavy atom. The summed E-state index contributed by atoms with van der Waals surface area (Å²) < 4.78 is 25.5. The third-order valence-corrected chi connectivity index (χ3v) is 3.80. The first-order valence-corrected chi connectivity index (χ1v) is 9.23. The lowest BCUT2D eigenvalue weighted by Crippen LogP contribution is -2.36. The van der Waals surface area contributed by atoms with Crippen molar-refractivity contribution in [1.82, 2.24) is 10.0 Å². The highest BCUT2D eigenvalue weighted by Gasteiger charge is 2.21. The van der Waals surface area contributed by atoms with Crippen molar-refractivity contribution < 1.29 is 13.2 Å². The fraction of sp³-hybridized carbons (Fsp3) is 0.533. The number of halogens is 1. The van der Waals surface area contributed by atoms with E-state index in [0.29, 0.717) is 17.1 Å². The van der Waals surface area contributed by atoms with Gasteiger partial charge in [0, 0.05) is 18.0 Å². The number of carbonyl (C=O) groups excluding carboxylic acids is 1. The molecule has 0 radical (unpaired) electrons. The Morgan fingerprint density at radius 1 is 1.23 bits per heavy atom. The second-order valence-corrected chi connectivity index (χ2v) is 8.75. The van der Waals surface area contributed by atoms with E-state index in [1.165, 1.54) is 0 Å². The third-order valence-electron chi connectivity index (χ3n) is 2.83. The first-order chi connectivity index (χ1) is 9.96. The molecule has 2 N–H and O–H groups in total. The first kappa shape index (κ1) is 18.9. The number of sulfonamides is 1. The van der Waals surface area contributed by atoms with E-state index in [9.17, 15) is 13.2 Å². The van der Waals surface area contributed by atoms with Crippen molar-refractivity contribution >= 4 is 27.5 Å². The standard InChI is InChI=1S/C15H23ClN2O3S/c1-15(2,3)10-17-14(19)9-13(18-22(4,20)21)11-5-7-12(16)8-6-11/h5-8,13,18H,9-10H2,1-4H3,(H,17,19). The molecule has 0 spiro atoms. The molecule has 0 saturated carbocycles. The number of hydrogen-bond acceptors (Lipinski definition) is 3. The number of carbonyl (C=O) groups is 1. The van der Waals surface area contributed by atoms with Gasteiger partial charge < -0.3 is 5.32 Å². The maximum atomic E-state index is 12.1. The largest absolute Gasteiger partial charge is 0.356 e. The summed E-state index contributed by atoms with van der Waals surface area (Å²) in [7, 11) is -3.43. The van der Waals surface area contributed by atoms with E-state index in [4.69, 9.17) is 11.6 Å². The molecule has 0 aliphatic rings. The zero-order chi connectivity index (χ0) is 17.0. The highest BCUT2D eigenvalue weighted by atomic mass is 35.5. The molecule has 0 aromatic heterocycles. The van der Waals surface area contributed by atoms with Crippen LogP contribution in [0.4, 0.5) is 0 Å². The molecule has 1 atom stereocenters. The van der Waals surface area contributed by atoms with Crippen molar-refractivity contribution in [3.05, 3.63) is 34.9 Å². The maximum Gasteiger partial charge on any atom is 0.221 e. The molecule has 1 amide bonds. The van der Waals surface area contributed by atoms with Gasteiger partial charge >= 0.3 is 0 Å². The van der Waals surface area contributed by atoms with Crippen molar-refractivity contribution in [2.24, 2.45) is 5.41 Å². The fourth-order valence-electron chi connectivity index (χ4n) is 1.80. The monoisotopic (exact) mass is 346 g/mol. The minimum Gasteiger partial charge on any atom is -0.356 e. The molecule has 0 fully saturated rings. The van der Waals surface area contributed by atoms with E-state index in [2.05, 4.69) is 10.0 Å². The molecule has 0 saturated heterocycles. The van der Waals surface area contributed by atoms with Gasteiger partial charge in [0.15, 0.2) is 0 Å². The molecule has 1 rings (SSSR count).